The number of fused-ring (bicyclic) bond motifs is 2. The number of nitrogens with one attached hydrogen (secondary N) is 1. The van der Waals surface area contributed by atoms with Crippen LogP contribution in [0.15, 0.2) is 66.7 Å². The molecule has 1 amide bonds. The van der Waals surface area contributed by atoms with E-state index in [1.807, 2.05) is 12.1 Å². The fourth-order valence-corrected chi connectivity index (χ4v) is 3.89. The normalized spacial score (nSPS) is 15.4. The van der Waals surface area contributed by atoms with E-state index in [-0.39, 0.29) is 11.9 Å². The molecule has 1 aliphatic rings. The van der Waals surface area contributed by atoms with Crippen molar-refractivity contribution in [2.45, 2.75) is 25.9 Å². The summed E-state index contributed by atoms with van der Waals surface area (Å²) in [7, 11) is 0. The summed E-state index contributed by atoms with van der Waals surface area (Å²) in [5.41, 5.74) is 3.92. The van der Waals surface area contributed by atoms with Gasteiger partial charge >= 0.3 is 0 Å². The second-order valence-corrected chi connectivity index (χ2v) is 7.09. The van der Waals surface area contributed by atoms with Gasteiger partial charge in [-0.1, -0.05) is 66.7 Å². The number of carbonyl (C=O) groups excluding carboxylic acids is 1. The van der Waals surface area contributed by atoms with E-state index in [9.17, 15) is 4.79 Å². The van der Waals surface area contributed by atoms with Crippen LogP contribution in [0.3, 0.4) is 0 Å². The van der Waals surface area contributed by atoms with Crippen LogP contribution in [0.25, 0.3) is 10.8 Å². The van der Waals surface area contributed by atoms with Crippen LogP contribution < -0.4 is 5.32 Å². The van der Waals surface area contributed by atoms with Gasteiger partial charge in [0.25, 0.3) is 0 Å². The molecule has 0 saturated carbocycles. The fraction of sp³-hybridized carbons (Fsp3) is 0.261. The van der Waals surface area contributed by atoms with Crippen LogP contribution in [0, 0.1) is 0 Å². The van der Waals surface area contributed by atoms with E-state index in [1.54, 1.807) is 0 Å². The van der Waals surface area contributed by atoms with E-state index in [0.29, 0.717) is 6.54 Å². The molecule has 1 atom stereocenters. The Kier molecular flexibility index (Phi) is 4.72. The Bertz CT molecular complexity index is 929. The molecule has 0 saturated heterocycles. The first-order valence-corrected chi connectivity index (χ1v) is 9.27. The summed E-state index contributed by atoms with van der Waals surface area (Å²) in [6, 6.07) is 23.1. The zero-order chi connectivity index (χ0) is 17.9. The standard InChI is InChI=1S/C23H24N2O/c1-17(21-12-6-10-19-8-4-5-11-22(19)21)24-23(26)16-25-14-13-18-7-2-3-9-20(18)15-25/h2-12,17H,13-16H2,1H3,(H,24,26)/t17-/m0/s1. The zero-order valence-electron chi connectivity index (χ0n) is 15.1. The fourth-order valence-electron chi connectivity index (χ4n) is 3.89. The van der Waals surface area contributed by atoms with Gasteiger partial charge in [0.2, 0.25) is 5.91 Å². The molecule has 0 radical (unpaired) electrons. The molecule has 0 unspecified atom stereocenters. The lowest BCUT2D eigenvalue weighted by Gasteiger charge is -2.28. The third kappa shape index (κ3) is 3.49. The molecule has 0 bridgehead atoms. The Morgan fingerprint density at radius 2 is 1.73 bits per heavy atom. The van der Waals surface area contributed by atoms with E-state index >= 15 is 0 Å². The second kappa shape index (κ2) is 7.30. The number of rotatable bonds is 4. The smallest absolute Gasteiger partial charge is 0.234 e. The van der Waals surface area contributed by atoms with Gasteiger partial charge < -0.3 is 5.32 Å². The number of hydrogen-bond donors (Lipinski definition) is 1. The molecule has 1 heterocycles. The highest BCUT2D eigenvalue weighted by atomic mass is 16.2. The maximum atomic E-state index is 12.6. The van der Waals surface area contributed by atoms with Gasteiger partial charge in [0.05, 0.1) is 12.6 Å². The first-order chi connectivity index (χ1) is 12.7. The summed E-state index contributed by atoms with van der Waals surface area (Å²) in [5.74, 6) is 0.0878. The minimum Gasteiger partial charge on any atom is -0.348 e. The Labute approximate surface area is 154 Å². The van der Waals surface area contributed by atoms with Gasteiger partial charge in [-0.05, 0) is 40.8 Å². The number of amides is 1. The molecule has 0 spiro atoms. The lowest BCUT2D eigenvalue weighted by molar-refractivity contribution is -0.123. The zero-order valence-corrected chi connectivity index (χ0v) is 15.1. The van der Waals surface area contributed by atoms with Crippen molar-refractivity contribution in [3.63, 3.8) is 0 Å². The average Bonchev–Trinajstić information content (AvgIpc) is 2.67. The molecule has 3 aromatic carbocycles. The maximum absolute atomic E-state index is 12.6. The van der Waals surface area contributed by atoms with E-state index in [0.717, 1.165) is 19.5 Å². The quantitative estimate of drug-likeness (QED) is 0.774. The van der Waals surface area contributed by atoms with Gasteiger partial charge in [-0.15, -0.1) is 0 Å². The van der Waals surface area contributed by atoms with E-state index in [1.165, 1.54) is 27.5 Å². The maximum Gasteiger partial charge on any atom is 0.234 e. The minimum atomic E-state index is -0.00863. The Morgan fingerprint density at radius 1 is 1.00 bits per heavy atom. The average molecular weight is 344 g/mol. The SMILES string of the molecule is C[C@H](NC(=O)CN1CCc2ccccc2C1)c1cccc2ccccc12. The molecule has 0 aromatic heterocycles. The summed E-state index contributed by atoms with van der Waals surface area (Å²) in [5, 5.41) is 5.59. The van der Waals surface area contributed by atoms with E-state index < -0.39 is 0 Å². The number of benzene rings is 3. The van der Waals surface area contributed by atoms with Crippen molar-refractivity contribution >= 4 is 16.7 Å². The van der Waals surface area contributed by atoms with Crippen LogP contribution in [0.4, 0.5) is 0 Å². The molecule has 0 fully saturated rings. The predicted molar refractivity (Wildman–Crippen MR) is 106 cm³/mol. The number of nitrogens with zero attached hydrogens (tertiary/aromatic N) is 1. The number of carbonyl (C=O) groups is 1. The van der Waals surface area contributed by atoms with Crippen molar-refractivity contribution in [2.75, 3.05) is 13.1 Å². The molecule has 0 aliphatic carbocycles. The van der Waals surface area contributed by atoms with Crippen LogP contribution >= 0.6 is 0 Å². The molecular weight excluding hydrogens is 320 g/mol. The monoisotopic (exact) mass is 344 g/mol. The lowest BCUT2D eigenvalue weighted by Crippen LogP contribution is -2.40. The Hall–Kier alpha value is -2.65. The molecule has 26 heavy (non-hydrogen) atoms. The minimum absolute atomic E-state index is 0.00863. The van der Waals surface area contributed by atoms with Gasteiger partial charge in [-0.3, -0.25) is 9.69 Å². The summed E-state index contributed by atoms with van der Waals surface area (Å²) in [6.45, 7) is 4.30. The van der Waals surface area contributed by atoms with Crippen molar-refractivity contribution < 1.29 is 4.79 Å². The summed E-state index contributed by atoms with van der Waals surface area (Å²) < 4.78 is 0. The second-order valence-electron chi connectivity index (χ2n) is 7.09. The van der Waals surface area contributed by atoms with Gasteiger partial charge in [0.1, 0.15) is 0 Å². The molecule has 3 heteroatoms. The van der Waals surface area contributed by atoms with Crippen molar-refractivity contribution in [1.82, 2.24) is 10.2 Å². The van der Waals surface area contributed by atoms with Crippen molar-refractivity contribution in [2.24, 2.45) is 0 Å². The van der Waals surface area contributed by atoms with Crippen LogP contribution in [0.5, 0.6) is 0 Å². The molecule has 1 aliphatic heterocycles. The van der Waals surface area contributed by atoms with Gasteiger partial charge in [-0.25, -0.2) is 0 Å². The Morgan fingerprint density at radius 3 is 2.62 bits per heavy atom. The molecule has 4 rings (SSSR count). The Balaban J connectivity index is 1.42. The van der Waals surface area contributed by atoms with Crippen LogP contribution in [0.1, 0.15) is 29.7 Å². The lowest BCUT2D eigenvalue weighted by atomic mass is 9.99. The third-order valence-electron chi connectivity index (χ3n) is 5.24. The summed E-state index contributed by atoms with van der Waals surface area (Å²) in [6.07, 6.45) is 1.02. The van der Waals surface area contributed by atoms with Gasteiger partial charge in [0.15, 0.2) is 0 Å². The van der Waals surface area contributed by atoms with Crippen molar-refractivity contribution in [1.29, 1.82) is 0 Å². The van der Waals surface area contributed by atoms with E-state index in [4.69, 9.17) is 0 Å². The highest BCUT2D eigenvalue weighted by Crippen LogP contribution is 2.24. The third-order valence-corrected chi connectivity index (χ3v) is 5.24. The van der Waals surface area contributed by atoms with E-state index in [2.05, 4.69) is 71.7 Å². The topological polar surface area (TPSA) is 32.3 Å². The highest BCUT2D eigenvalue weighted by molar-refractivity contribution is 5.87. The molecule has 3 aromatic rings. The summed E-state index contributed by atoms with van der Waals surface area (Å²) >= 11 is 0. The highest BCUT2D eigenvalue weighted by Gasteiger charge is 2.19. The molecule has 3 nitrogen and oxygen atoms in total. The number of hydrogen-bond acceptors (Lipinski definition) is 2. The van der Waals surface area contributed by atoms with Gasteiger partial charge in [0, 0.05) is 13.1 Å². The van der Waals surface area contributed by atoms with Crippen LogP contribution in [-0.2, 0) is 17.8 Å². The van der Waals surface area contributed by atoms with Crippen LogP contribution in [-0.4, -0.2) is 23.9 Å². The van der Waals surface area contributed by atoms with Gasteiger partial charge in [-0.2, -0.15) is 0 Å². The molecule has 132 valence electrons. The molecule has 1 N–H and O–H groups in total. The van der Waals surface area contributed by atoms with Crippen molar-refractivity contribution in [3.8, 4) is 0 Å². The first-order valence-electron chi connectivity index (χ1n) is 9.27. The largest absolute Gasteiger partial charge is 0.348 e. The van der Waals surface area contributed by atoms with Crippen LogP contribution in [0.2, 0.25) is 0 Å². The van der Waals surface area contributed by atoms with Crippen molar-refractivity contribution in [3.05, 3.63) is 83.4 Å². The predicted octanol–water partition coefficient (Wildman–Crippen LogP) is 4.08. The molecular formula is C23H24N2O. The first kappa shape index (κ1) is 16.8. The summed E-state index contributed by atoms with van der Waals surface area (Å²) in [4.78, 5) is 14.8.